The third-order valence-corrected chi connectivity index (χ3v) is 3.55. The average Bonchev–Trinajstić information content (AvgIpc) is 3.14. The fourth-order valence-electron chi connectivity index (χ4n) is 2.42. The summed E-state index contributed by atoms with van der Waals surface area (Å²) in [6.07, 6.45) is 0. The van der Waals surface area contributed by atoms with Gasteiger partial charge in [-0.05, 0) is 34.2 Å². The molecule has 5 nitrogen and oxygen atoms in total. The SMILES string of the molecule is CC.Nc1ccc2c(c1)COB2O.OB1OCc2ccccc21. The first-order valence-corrected chi connectivity index (χ1v) is 7.70. The zero-order chi connectivity index (χ0) is 16.8. The normalized spacial score (nSPS) is 14.3. The Morgan fingerprint density at radius 1 is 0.870 bits per heavy atom. The molecule has 0 amide bonds. The van der Waals surface area contributed by atoms with Crippen LogP contribution in [0.5, 0.6) is 0 Å². The van der Waals surface area contributed by atoms with E-state index in [0.717, 1.165) is 22.1 Å². The van der Waals surface area contributed by atoms with Gasteiger partial charge >= 0.3 is 14.2 Å². The van der Waals surface area contributed by atoms with Crippen molar-refractivity contribution in [2.45, 2.75) is 27.1 Å². The van der Waals surface area contributed by atoms with Crippen molar-refractivity contribution in [3.05, 3.63) is 53.6 Å². The molecule has 7 heteroatoms. The predicted octanol–water partition coefficient (Wildman–Crippen LogP) is 0.417. The molecule has 0 saturated heterocycles. The molecule has 0 fully saturated rings. The summed E-state index contributed by atoms with van der Waals surface area (Å²) in [6, 6.07) is 13.1. The molecule has 0 saturated carbocycles. The highest BCUT2D eigenvalue weighted by Crippen LogP contribution is 2.12. The highest BCUT2D eigenvalue weighted by atomic mass is 16.5. The van der Waals surface area contributed by atoms with E-state index in [-0.39, 0.29) is 0 Å². The maximum atomic E-state index is 9.21. The van der Waals surface area contributed by atoms with Crippen molar-refractivity contribution in [2.24, 2.45) is 0 Å². The Morgan fingerprint density at radius 2 is 1.43 bits per heavy atom. The van der Waals surface area contributed by atoms with E-state index in [1.807, 2.05) is 44.2 Å². The minimum absolute atomic E-state index is 0.460. The van der Waals surface area contributed by atoms with Crippen molar-refractivity contribution in [2.75, 3.05) is 5.73 Å². The minimum atomic E-state index is -0.759. The lowest BCUT2D eigenvalue weighted by Gasteiger charge is -1.97. The van der Waals surface area contributed by atoms with Gasteiger partial charge in [0.15, 0.2) is 0 Å². The summed E-state index contributed by atoms with van der Waals surface area (Å²) >= 11 is 0. The van der Waals surface area contributed by atoms with E-state index >= 15 is 0 Å². The largest absolute Gasteiger partial charge is 0.491 e. The topological polar surface area (TPSA) is 84.9 Å². The summed E-state index contributed by atoms with van der Waals surface area (Å²) in [5.74, 6) is 0. The zero-order valence-corrected chi connectivity index (χ0v) is 13.4. The van der Waals surface area contributed by atoms with Crippen molar-refractivity contribution in [1.82, 2.24) is 0 Å². The van der Waals surface area contributed by atoms with Crippen molar-refractivity contribution < 1.29 is 19.4 Å². The van der Waals surface area contributed by atoms with Gasteiger partial charge in [-0.1, -0.05) is 44.2 Å². The standard InChI is InChI=1S/C7H8BNO2.C7H7BO2.C2H6/c9-6-1-2-7-5(3-6)4-11-8(7)10;9-8-7-4-2-1-3-6(7)5-10-8;1-2/h1-3,10H,4,9H2;1-4,9H,5H2;1-2H3. The van der Waals surface area contributed by atoms with Crippen LogP contribution in [-0.2, 0) is 22.5 Å². The molecule has 2 aliphatic heterocycles. The van der Waals surface area contributed by atoms with E-state index < -0.39 is 14.2 Å². The van der Waals surface area contributed by atoms with Crippen LogP contribution in [0.1, 0.15) is 25.0 Å². The molecule has 2 heterocycles. The summed E-state index contributed by atoms with van der Waals surface area (Å²) in [7, 11) is -1.46. The molecular weight excluding hydrogens is 292 g/mol. The lowest BCUT2D eigenvalue weighted by Crippen LogP contribution is -2.27. The average molecular weight is 313 g/mol. The number of anilines is 1. The number of hydrogen-bond donors (Lipinski definition) is 3. The minimum Gasteiger partial charge on any atom is -0.423 e. The van der Waals surface area contributed by atoms with Gasteiger partial charge < -0.3 is 25.1 Å². The highest BCUT2D eigenvalue weighted by molar-refractivity contribution is 6.61. The van der Waals surface area contributed by atoms with E-state index in [1.165, 1.54) is 0 Å². The van der Waals surface area contributed by atoms with Crippen LogP contribution in [-0.4, -0.2) is 24.3 Å². The number of hydrogen-bond acceptors (Lipinski definition) is 5. The van der Waals surface area contributed by atoms with Crippen LogP contribution < -0.4 is 16.7 Å². The number of nitrogens with two attached hydrogens (primary N) is 1. The van der Waals surface area contributed by atoms with Crippen molar-refractivity contribution in [3.63, 3.8) is 0 Å². The molecule has 0 aliphatic carbocycles. The van der Waals surface area contributed by atoms with Crippen LogP contribution in [0.2, 0.25) is 0 Å². The molecule has 0 atom stereocenters. The van der Waals surface area contributed by atoms with Crippen LogP contribution in [0.4, 0.5) is 5.69 Å². The van der Waals surface area contributed by atoms with Gasteiger partial charge in [0.1, 0.15) is 0 Å². The fraction of sp³-hybridized carbons (Fsp3) is 0.250. The summed E-state index contributed by atoms with van der Waals surface area (Å²) in [4.78, 5) is 0. The molecule has 0 radical (unpaired) electrons. The van der Waals surface area contributed by atoms with Crippen molar-refractivity contribution in [1.29, 1.82) is 0 Å². The second kappa shape index (κ2) is 8.17. The first kappa shape index (κ1) is 17.6. The summed E-state index contributed by atoms with van der Waals surface area (Å²) < 4.78 is 9.96. The van der Waals surface area contributed by atoms with Crippen LogP contribution in [0, 0.1) is 0 Å². The van der Waals surface area contributed by atoms with Crippen molar-refractivity contribution >= 4 is 30.8 Å². The molecule has 23 heavy (non-hydrogen) atoms. The molecule has 2 aromatic carbocycles. The van der Waals surface area contributed by atoms with Gasteiger partial charge in [0, 0.05) is 5.69 Å². The van der Waals surface area contributed by atoms with Gasteiger partial charge in [-0.3, -0.25) is 0 Å². The number of nitrogen functional groups attached to an aromatic ring is 1. The smallest absolute Gasteiger partial charge is 0.423 e. The Morgan fingerprint density at radius 3 is 2.09 bits per heavy atom. The molecule has 0 unspecified atom stereocenters. The van der Waals surface area contributed by atoms with Crippen LogP contribution in [0.15, 0.2) is 42.5 Å². The maximum absolute atomic E-state index is 9.21. The summed E-state index contributed by atoms with van der Waals surface area (Å²) in [5, 5.41) is 18.4. The Bertz CT molecular complexity index is 654. The van der Waals surface area contributed by atoms with Gasteiger partial charge in [0.2, 0.25) is 0 Å². The molecule has 4 N–H and O–H groups in total. The first-order valence-electron chi connectivity index (χ1n) is 7.70. The summed E-state index contributed by atoms with van der Waals surface area (Å²) in [5.41, 5.74) is 10.1. The lowest BCUT2D eigenvalue weighted by atomic mass is 9.79. The van der Waals surface area contributed by atoms with Crippen LogP contribution >= 0.6 is 0 Å². The quantitative estimate of drug-likeness (QED) is 0.485. The first-order chi connectivity index (χ1) is 11.1. The Kier molecular flexibility index (Phi) is 6.24. The third-order valence-electron chi connectivity index (χ3n) is 3.55. The summed E-state index contributed by atoms with van der Waals surface area (Å²) in [6.45, 7) is 5.00. The molecule has 0 aromatic heterocycles. The van der Waals surface area contributed by atoms with Crippen molar-refractivity contribution in [3.8, 4) is 0 Å². The predicted molar refractivity (Wildman–Crippen MR) is 93.4 cm³/mol. The molecule has 0 bridgehead atoms. The Hall–Kier alpha value is -1.79. The van der Waals surface area contributed by atoms with Gasteiger partial charge in [-0.15, -0.1) is 0 Å². The second-order valence-corrected chi connectivity index (χ2v) is 4.98. The Labute approximate surface area is 137 Å². The Balaban J connectivity index is 0.000000152. The molecule has 120 valence electrons. The van der Waals surface area contributed by atoms with E-state index in [4.69, 9.17) is 20.1 Å². The fourth-order valence-corrected chi connectivity index (χ4v) is 2.42. The van der Waals surface area contributed by atoms with E-state index in [9.17, 15) is 5.02 Å². The van der Waals surface area contributed by atoms with Gasteiger partial charge in [0.05, 0.1) is 13.2 Å². The van der Waals surface area contributed by atoms with E-state index in [1.54, 1.807) is 12.1 Å². The molecule has 0 spiro atoms. The van der Waals surface area contributed by atoms with E-state index in [2.05, 4.69) is 0 Å². The number of benzene rings is 2. The van der Waals surface area contributed by atoms with Gasteiger partial charge in [0.25, 0.3) is 0 Å². The monoisotopic (exact) mass is 313 g/mol. The van der Waals surface area contributed by atoms with Crippen LogP contribution in [0.3, 0.4) is 0 Å². The third kappa shape index (κ3) is 4.14. The molecule has 2 aliphatic rings. The van der Waals surface area contributed by atoms with Gasteiger partial charge in [-0.2, -0.15) is 0 Å². The maximum Gasteiger partial charge on any atom is 0.491 e. The van der Waals surface area contributed by atoms with Crippen LogP contribution in [0.25, 0.3) is 0 Å². The highest BCUT2D eigenvalue weighted by Gasteiger charge is 2.27. The molecule has 2 aromatic rings. The lowest BCUT2D eigenvalue weighted by molar-refractivity contribution is 0.275. The molecular formula is C16H21B2NO4. The molecule has 4 rings (SSSR count). The van der Waals surface area contributed by atoms with E-state index in [0.29, 0.717) is 18.9 Å². The number of fused-ring (bicyclic) bond motifs is 2. The number of rotatable bonds is 0. The van der Waals surface area contributed by atoms with Gasteiger partial charge in [-0.25, -0.2) is 0 Å². The zero-order valence-electron chi connectivity index (χ0n) is 13.4. The second-order valence-electron chi connectivity index (χ2n) is 4.98.